The molecule has 1 saturated carbocycles. The van der Waals surface area contributed by atoms with Crippen LogP contribution in [0.5, 0.6) is 0 Å². The molecule has 3 saturated heterocycles. The van der Waals surface area contributed by atoms with E-state index in [0.717, 1.165) is 86.5 Å². The van der Waals surface area contributed by atoms with Gasteiger partial charge in [-0.15, -0.1) is 0 Å². The van der Waals surface area contributed by atoms with Crippen molar-refractivity contribution in [3.05, 3.63) is 41.3 Å². The van der Waals surface area contributed by atoms with E-state index in [4.69, 9.17) is 21.3 Å². The standard InChI is InChI=1S/C34H43ClN6O2/c1-21(2)40-20-36-28-16-27(37-31(35)30(28)40)22-5-6-26-29(13-22)41(24-14-23(15-24)39-10-7-33(3,4)19-39)32(42)34(26)8-11-38(12-9-34)25-17-43-18-25/h5-6,13,16,20-21,23-25H,7-12,14-15,17-19H2,1-4H3/t23-,24+. The maximum Gasteiger partial charge on any atom is 0.238 e. The predicted molar refractivity (Wildman–Crippen MR) is 170 cm³/mol. The highest BCUT2D eigenvalue weighted by Crippen LogP contribution is 2.52. The van der Waals surface area contributed by atoms with Crippen molar-refractivity contribution in [2.45, 2.75) is 89.4 Å². The molecular formula is C34H43ClN6O2. The molecule has 1 amide bonds. The summed E-state index contributed by atoms with van der Waals surface area (Å²) in [5, 5.41) is 0.464. The smallest absolute Gasteiger partial charge is 0.238 e. The van der Waals surface area contributed by atoms with Crippen LogP contribution in [0.2, 0.25) is 5.15 Å². The van der Waals surface area contributed by atoms with Crippen LogP contribution in [-0.2, 0) is 14.9 Å². The van der Waals surface area contributed by atoms with Crippen LogP contribution in [-0.4, -0.2) is 87.8 Å². The predicted octanol–water partition coefficient (Wildman–Crippen LogP) is 5.67. The fourth-order valence-corrected chi connectivity index (χ4v) is 8.67. The number of carbonyl (C=O) groups is 1. The number of aromatic nitrogens is 3. The molecular weight excluding hydrogens is 560 g/mol. The molecule has 4 aliphatic heterocycles. The third kappa shape index (κ3) is 4.38. The first-order valence-electron chi connectivity index (χ1n) is 16.2. The Morgan fingerprint density at radius 2 is 1.72 bits per heavy atom. The topological polar surface area (TPSA) is 66.7 Å². The lowest BCUT2D eigenvalue weighted by atomic mass is 9.73. The van der Waals surface area contributed by atoms with Crippen molar-refractivity contribution in [2.24, 2.45) is 5.41 Å². The molecule has 1 aromatic carbocycles. The van der Waals surface area contributed by atoms with E-state index in [9.17, 15) is 4.79 Å². The van der Waals surface area contributed by atoms with Crippen LogP contribution in [0.4, 0.5) is 5.69 Å². The van der Waals surface area contributed by atoms with Crippen LogP contribution in [0.3, 0.4) is 0 Å². The number of hydrogen-bond acceptors (Lipinski definition) is 6. The Bertz CT molecular complexity index is 1580. The second kappa shape index (κ2) is 9.99. The van der Waals surface area contributed by atoms with Crippen LogP contribution in [0.15, 0.2) is 30.6 Å². The van der Waals surface area contributed by atoms with Crippen molar-refractivity contribution >= 4 is 34.2 Å². The summed E-state index contributed by atoms with van der Waals surface area (Å²) in [5.74, 6) is 0.312. The highest BCUT2D eigenvalue weighted by atomic mass is 35.5. The van der Waals surface area contributed by atoms with Gasteiger partial charge in [-0.2, -0.15) is 0 Å². The van der Waals surface area contributed by atoms with Gasteiger partial charge in [0.05, 0.1) is 42.2 Å². The summed E-state index contributed by atoms with van der Waals surface area (Å²) >= 11 is 6.77. The molecule has 8 nitrogen and oxygen atoms in total. The number of imidazole rings is 1. The quantitative estimate of drug-likeness (QED) is 0.350. The molecule has 2 aromatic heterocycles. The minimum Gasteiger partial charge on any atom is -0.378 e. The largest absolute Gasteiger partial charge is 0.378 e. The Balaban J connectivity index is 1.14. The molecule has 0 bridgehead atoms. The van der Waals surface area contributed by atoms with Gasteiger partial charge < -0.3 is 14.2 Å². The van der Waals surface area contributed by atoms with E-state index >= 15 is 0 Å². The van der Waals surface area contributed by atoms with Gasteiger partial charge in [0.1, 0.15) is 5.52 Å². The number of carbonyl (C=O) groups excluding carboxylic acids is 1. The summed E-state index contributed by atoms with van der Waals surface area (Å²) in [7, 11) is 0. The van der Waals surface area contributed by atoms with Gasteiger partial charge in [0, 0.05) is 35.9 Å². The first kappa shape index (κ1) is 28.0. The van der Waals surface area contributed by atoms with Crippen LogP contribution in [0.25, 0.3) is 22.3 Å². The van der Waals surface area contributed by atoms with Crippen molar-refractivity contribution in [1.82, 2.24) is 24.3 Å². The molecule has 0 atom stereocenters. The molecule has 1 spiro atoms. The van der Waals surface area contributed by atoms with Crippen molar-refractivity contribution in [2.75, 3.05) is 44.3 Å². The molecule has 9 heteroatoms. The summed E-state index contributed by atoms with van der Waals surface area (Å²) in [6.45, 7) is 14.8. The maximum atomic E-state index is 14.6. The average molecular weight is 603 g/mol. The minimum atomic E-state index is -0.444. The number of piperidine rings is 1. The van der Waals surface area contributed by atoms with E-state index < -0.39 is 5.41 Å². The SMILES string of the molecule is CC(C)n1cnc2cc(-c3ccc4c(c3)N([C@H]3C[C@@H](N5CCC(C)(C)C5)C3)C(=O)C43CCN(C4COC4)CC3)nc(Cl)c21. The number of anilines is 1. The molecule has 0 N–H and O–H groups in total. The van der Waals surface area contributed by atoms with Gasteiger partial charge in [0.2, 0.25) is 5.91 Å². The van der Waals surface area contributed by atoms with E-state index in [-0.39, 0.29) is 12.1 Å². The molecule has 8 rings (SSSR count). The zero-order valence-corrected chi connectivity index (χ0v) is 26.6. The fourth-order valence-electron chi connectivity index (χ4n) is 8.39. The lowest BCUT2D eigenvalue weighted by Gasteiger charge is -2.47. The van der Waals surface area contributed by atoms with Gasteiger partial charge >= 0.3 is 0 Å². The second-order valence-corrected chi connectivity index (χ2v) is 15.1. The van der Waals surface area contributed by atoms with E-state index in [1.165, 1.54) is 18.5 Å². The zero-order valence-electron chi connectivity index (χ0n) is 25.9. The van der Waals surface area contributed by atoms with Gasteiger partial charge in [-0.3, -0.25) is 14.6 Å². The molecule has 1 aliphatic carbocycles. The first-order chi connectivity index (χ1) is 20.6. The van der Waals surface area contributed by atoms with Crippen LogP contribution < -0.4 is 4.90 Å². The molecule has 5 aliphatic rings. The summed E-state index contributed by atoms with van der Waals surface area (Å²) in [5.41, 5.74) is 5.72. The van der Waals surface area contributed by atoms with Gasteiger partial charge in [-0.1, -0.05) is 37.6 Å². The fraction of sp³-hybridized carbons (Fsp3) is 0.618. The average Bonchev–Trinajstić information content (AvgIpc) is 3.58. The molecule has 4 fully saturated rings. The first-order valence-corrected chi connectivity index (χ1v) is 16.6. The minimum absolute atomic E-state index is 0.243. The summed E-state index contributed by atoms with van der Waals surface area (Å²) in [6.07, 6.45) is 6.93. The number of ether oxygens (including phenoxy) is 1. The van der Waals surface area contributed by atoms with E-state index in [0.29, 0.717) is 28.6 Å². The summed E-state index contributed by atoms with van der Waals surface area (Å²) in [6, 6.07) is 10.2. The van der Waals surface area contributed by atoms with Gasteiger partial charge in [0.25, 0.3) is 0 Å². The number of rotatable bonds is 5. The summed E-state index contributed by atoms with van der Waals surface area (Å²) in [4.78, 5) is 31.5. The maximum absolute atomic E-state index is 14.6. The Morgan fingerprint density at radius 1 is 0.977 bits per heavy atom. The third-order valence-corrected chi connectivity index (χ3v) is 11.5. The van der Waals surface area contributed by atoms with E-state index in [1.54, 1.807) is 0 Å². The molecule has 228 valence electrons. The number of amides is 1. The van der Waals surface area contributed by atoms with Gasteiger partial charge in [-0.05, 0) is 88.7 Å². The molecule has 43 heavy (non-hydrogen) atoms. The molecule has 0 radical (unpaired) electrons. The van der Waals surface area contributed by atoms with Crippen LogP contribution in [0, 0.1) is 5.41 Å². The Kier molecular flexibility index (Phi) is 6.51. The number of benzene rings is 1. The third-order valence-electron chi connectivity index (χ3n) is 11.2. The van der Waals surface area contributed by atoms with E-state index in [2.05, 4.69) is 70.1 Å². The molecule has 6 heterocycles. The van der Waals surface area contributed by atoms with Gasteiger partial charge in [0.15, 0.2) is 5.15 Å². The number of fused-ring (bicyclic) bond motifs is 3. The number of hydrogen-bond donors (Lipinski definition) is 0. The Morgan fingerprint density at radius 3 is 2.37 bits per heavy atom. The lowest BCUT2D eigenvalue weighted by Crippen LogP contribution is -2.59. The monoisotopic (exact) mass is 602 g/mol. The number of nitrogens with zero attached hydrogens (tertiary/aromatic N) is 6. The van der Waals surface area contributed by atoms with Crippen molar-refractivity contribution in [3.63, 3.8) is 0 Å². The second-order valence-electron chi connectivity index (χ2n) is 14.8. The van der Waals surface area contributed by atoms with Gasteiger partial charge in [-0.25, -0.2) is 9.97 Å². The van der Waals surface area contributed by atoms with Crippen molar-refractivity contribution in [1.29, 1.82) is 0 Å². The lowest BCUT2D eigenvalue weighted by molar-refractivity contribution is -0.128. The zero-order chi connectivity index (χ0) is 29.7. The summed E-state index contributed by atoms with van der Waals surface area (Å²) < 4.78 is 7.55. The highest BCUT2D eigenvalue weighted by Gasteiger charge is 2.56. The van der Waals surface area contributed by atoms with E-state index in [1.807, 2.05) is 12.4 Å². The van der Waals surface area contributed by atoms with Crippen molar-refractivity contribution in [3.8, 4) is 11.3 Å². The van der Waals surface area contributed by atoms with Crippen LogP contribution >= 0.6 is 11.6 Å². The van der Waals surface area contributed by atoms with Crippen molar-refractivity contribution < 1.29 is 9.53 Å². The normalized spacial score (nSPS) is 27.3. The number of likely N-dealkylation sites (tertiary alicyclic amines) is 2. The molecule has 0 unspecified atom stereocenters. The Hall–Kier alpha value is -2.52. The number of pyridine rings is 1. The number of halogens is 1. The van der Waals surface area contributed by atoms with Crippen LogP contribution in [0.1, 0.15) is 71.4 Å². The highest BCUT2D eigenvalue weighted by molar-refractivity contribution is 6.34. The molecule has 3 aromatic rings. The Labute approximate surface area is 259 Å².